The van der Waals surface area contributed by atoms with Gasteiger partial charge in [-0.05, 0) is 34.1 Å². The standard InChI is InChI=1S/C36H44O6/c1-35(2,3)27-11-7-25(8-12-27)33-29-23-31-32(41-22-20-39-18-16-37-15-17-38-19-21-40-31)24-30(29)34(42-33)26-9-13-28(14-10-26)36(4,5)6/h7-14,23-24H,15-22H2,1-6H3. The lowest BCUT2D eigenvalue weighted by Gasteiger charge is -2.19. The second-order valence-corrected chi connectivity index (χ2v) is 12.8. The van der Waals surface area contributed by atoms with Crippen molar-refractivity contribution >= 4 is 10.8 Å². The molecule has 0 unspecified atom stereocenters. The number of rotatable bonds is 2. The quantitative estimate of drug-likeness (QED) is 0.241. The molecule has 0 amide bonds. The van der Waals surface area contributed by atoms with Crippen LogP contribution in [0.1, 0.15) is 52.7 Å². The molecule has 1 aliphatic rings. The van der Waals surface area contributed by atoms with Gasteiger partial charge in [0, 0.05) is 21.9 Å². The summed E-state index contributed by atoms with van der Waals surface area (Å²) >= 11 is 0. The van der Waals surface area contributed by atoms with Crippen LogP contribution in [0.4, 0.5) is 0 Å². The molecular formula is C36H44O6. The highest BCUT2D eigenvalue weighted by Crippen LogP contribution is 2.45. The Morgan fingerprint density at radius 3 is 1.12 bits per heavy atom. The van der Waals surface area contributed by atoms with E-state index in [1.165, 1.54) is 11.1 Å². The third-order valence-electron chi connectivity index (χ3n) is 7.52. The molecule has 0 bridgehead atoms. The predicted molar refractivity (Wildman–Crippen MR) is 168 cm³/mol. The molecular weight excluding hydrogens is 528 g/mol. The first-order valence-electron chi connectivity index (χ1n) is 14.9. The van der Waals surface area contributed by atoms with Crippen LogP contribution in [-0.4, -0.2) is 52.9 Å². The van der Waals surface area contributed by atoms with Crippen LogP contribution in [0.25, 0.3) is 33.4 Å². The van der Waals surface area contributed by atoms with Gasteiger partial charge in [0.15, 0.2) is 11.5 Å². The fourth-order valence-corrected chi connectivity index (χ4v) is 5.01. The Kier molecular flexibility index (Phi) is 9.26. The molecule has 1 aliphatic heterocycles. The van der Waals surface area contributed by atoms with E-state index in [0.29, 0.717) is 64.4 Å². The van der Waals surface area contributed by atoms with Crippen molar-refractivity contribution in [3.8, 4) is 34.1 Å². The van der Waals surface area contributed by atoms with Gasteiger partial charge < -0.3 is 28.1 Å². The molecule has 4 aromatic rings. The van der Waals surface area contributed by atoms with E-state index >= 15 is 0 Å². The summed E-state index contributed by atoms with van der Waals surface area (Å²) < 4.78 is 36.1. The maximum atomic E-state index is 6.73. The van der Waals surface area contributed by atoms with E-state index in [0.717, 1.165) is 33.4 Å². The van der Waals surface area contributed by atoms with Crippen molar-refractivity contribution in [3.05, 3.63) is 71.8 Å². The molecule has 1 aromatic heterocycles. The SMILES string of the molecule is CC(C)(C)c1ccc(-c2oc(-c3ccc(C(C)(C)C)cc3)c3cc4c(cc23)OCCOCCOCCOCCO4)cc1. The highest BCUT2D eigenvalue weighted by Gasteiger charge is 2.22. The van der Waals surface area contributed by atoms with E-state index < -0.39 is 0 Å². The van der Waals surface area contributed by atoms with Gasteiger partial charge in [0.1, 0.15) is 24.7 Å². The molecule has 0 fully saturated rings. The van der Waals surface area contributed by atoms with Gasteiger partial charge in [-0.2, -0.15) is 0 Å². The fourth-order valence-electron chi connectivity index (χ4n) is 5.01. The van der Waals surface area contributed by atoms with E-state index in [1.54, 1.807) is 0 Å². The van der Waals surface area contributed by atoms with Gasteiger partial charge in [0.25, 0.3) is 0 Å². The first-order valence-corrected chi connectivity index (χ1v) is 14.9. The van der Waals surface area contributed by atoms with Gasteiger partial charge in [-0.25, -0.2) is 0 Å². The van der Waals surface area contributed by atoms with Crippen LogP contribution in [0.2, 0.25) is 0 Å². The Morgan fingerprint density at radius 2 is 0.786 bits per heavy atom. The molecule has 0 saturated heterocycles. The van der Waals surface area contributed by atoms with E-state index in [1.807, 2.05) is 12.1 Å². The minimum atomic E-state index is 0.0639. The maximum Gasteiger partial charge on any atom is 0.162 e. The average Bonchev–Trinajstić information content (AvgIpc) is 3.32. The molecule has 6 nitrogen and oxygen atoms in total. The lowest BCUT2D eigenvalue weighted by molar-refractivity contribution is 0.00708. The van der Waals surface area contributed by atoms with Crippen molar-refractivity contribution in [2.45, 2.75) is 52.4 Å². The predicted octanol–water partition coefficient (Wildman–Crippen LogP) is 8.18. The van der Waals surface area contributed by atoms with Gasteiger partial charge in [-0.3, -0.25) is 0 Å². The Labute approximate surface area is 249 Å². The summed E-state index contributed by atoms with van der Waals surface area (Å²) in [6.07, 6.45) is 0. The van der Waals surface area contributed by atoms with Crippen LogP contribution in [0.3, 0.4) is 0 Å². The largest absolute Gasteiger partial charge is 0.487 e. The van der Waals surface area contributed by atoms with Crippen LogP contribution in [0, 0.1) is 0 Å². The van der Waals surface area contributed by atoms with Crippen LogP contribution in [0.5, 0.6) is 11.5 Å². The summed E-state index contributed by atoms with van der Waals surface area (Å²) in [5, 5.41) is 1.94. The molecule has 2 heterocycles. The van der Waals surface area contributed by atoms with Crippen LogP contribution < -0.4 is 9.47 Å². The normalized spacial score (nSPS) is 16.1. The maximum absolute atomic E-state index is 6.73. The summed E-state index contributed by atoms with van der Waals surface area (Å²) in [5.41, 5.74) is 4.70. The van der Waals surface area contributed by atoms with E-state index in [2.05, 4.69) is 90.1 Å². The molecule has 224 valence electrons. The van der Waals surface area contributed by atoms with Crippen molar-refractivity contribution in [2.75, 3.05) is 52.9 Å². The first kappa shape index (κ1) is 30.1. The lowest BCUT2D eigenvalue weighted by atomic mass is 9.86. The van der Waals surface area contributed by atoms with E-state index in [9.17, 15) is 0 Å². The highest BCUT2D eigenvalue weighted by atomic mass is 16.6. The number of benzene rings is 3. The van der Waals surface area contributed by atoms with Gasteiger partial charge >= 0.3 is 0 Å². The van der Waals surface area contributed by atoms with Gasteiger partial charge in [0.05, 0.1) is 39.6 Å². The lowest BCUT2D eigenvalue weighted by Crippen LogP contribution is -2.13. The highest BCUT2D eigenvalue weighted by molar-refractivity contribution is 6.04. The van der Waals surface area contributed by atoms with Gasteiger partial charge in [0.2, 0.25) is 0 Å². The molecule has 5 rings (SSSR count). The summed E-state index contributed by atoms with van der Waals surface area (Å²) in [4.78, 5) is 0. The molecule has 0 saturated carbocycles. The van der Waals surface area contributed by atoms with Crippen molar-refractivity contribution < 1.29 is 28.1 Å². The second-order valence-electron chi connectivity index (χ2n) is 12.8. The number of hydrogen-bond acceptors (Lipinski definition) is 6. The minimum Gasteiger partial charge on any atom is -0.487 e. The zero-order valence-corrected chi connectivity index (χ0v) is 25.9. The minimum absolute atomic E-state index is 0.0639. The monoisotopic (exact) mass is 572 g/mol. The van der Waals surface area contributed by atoms with Crippen molar-refractivity contribution in [2.24, 2.45) is 0 Å². The zero-order chi connectivity index (χ0) is 29.7. The smallest absolute Gasteiger partial charge is 0.162 e. The third kappa shape index (κ3) is 7.17. The summed E-state index contributed by atoms with van der Waals surface area (Å²) in [6, 6.07) is 21.4. The van der Waals surface area contributed by atoms with E-state index in [-0.39, 0.29) is 10.8 Å². The Bertz CT molecular complexity index is 1340. The van der Waals surface area contributed by atoms with Crippen molar-refractivity contribution in [3.63, 3.8) is 0 Å². The molecule has 42 heavy (non-hydrogen) atoms. The molecule has 3 aromatic carbocycles. The Morgan fingerprint density at radius 1 is 0.452 bits per heavy atom. The Hall–Kier alpha value is -3.32. The number of hydrogen-bond donors (Lipinski definition) is 0. The van der Waals surface area contributed by atoms with Crippen LogP contribution in [0.15, 0.2) is 65.1 Å². The summed E-state index contributed by atoms with van der Waals surface area (Å²) in [5.74, 6) is 2.92. The zero-order valence-electron chi connectivity index (χ0n) is 25.9. The first-order chi connectivity index (χ1) is 20.1. The molecule has 0 N–H and O–H groups in total. The third-order valence-corrected chi connectivity index (χ3v) is 7.52. The summed E-state index contributed by atoms with van der Waals surface area (Å²) in [7, 11) is 0. The number of ether oxygens (including phenoxy) is 5. The molecule has 0 aliphatic carbocycles. The summed E-state index contributed by atoms with van der Waals surface area (Å²) in [6.45, 7) is 17.1. The average molecular weight is 573 g/mol. The number of fused-ring (bicyclic) bond motifs is 2. The molecule has 6 heteroatoms. The van der Waals surface area contributed by atoms with Crippen LogP contribution in [-0.2, 0) is 25.0 Å². The van der Waals surface area contributed by atoms with Crippen LogP contribution >= 0.6 is 0 Å². The van der Waals surface area contributed by atoms with Crippen molar-refractivity contribution in [1.29, 1.82) is 0 Å². The Balaban J connectivity index is 1.60. The number of furan rings is 1. The van der Waals surface area contributed by atoms with Crippen molar-refractivity contribution in [1.82, 2.24) is 0 Å². The van der Waals surface area contributed by atoms with Gasteiger partial charge in [-0.15, -0.1) is 0 Å². The molecule has 0 radical (unpaired) electrons. The molecule has 0 spiro atoms. The van der Waals surface area contributed by atoms with Gasteiger partial charge in [-0.1, -0.05) is 90.1 Å². The molecule has 0 atom stereocenters. The van der Waals surface area contributed by atoms with E-state index in [4.69, 9.17) is 28.1 Å². The fraction of sp³-hybridized carbons (Fsp3) is 0.444. The second kappa shape index (κ2) is 12.9. The topological polar surface area (TPSA) is 59.3 Å².